The summed E-state index contributed by atoms with van der Waals surface area (Å²) in [6.07, 6.45) is 6.94. The number of aryl methyl sites for hydroxylation is 1. The van der Waals surface area contributed by atoms with Crippen LogP contribution in [0.1, 0.15) is 22.8 Å². The van der Waals surface area contributed by atoms with Crippen LogP contribution in [0.3, 0.4) is 0 Å². The lowest BCUT2D eigenvalue weighted by molar-refractivity contribution is 0.0952. The quantitative estimate of drug-likeness (QED) is 0.599. The molecule has 0 spiro atoms. The van der Waals surface area contributed by atoms with E-state index in [1.165, 1.54) is 0 Å². The Bertz CT molecular complexity index is 1020. The van der Waals surface area contributed by atoms with Gasteiger partial charge in [0.05, 0.1) is 23.0 Å². The Morgan fingerprint density at radius 2 is 2.20 bits per heavy atom. The Morgan fingerprint density at radius 1 is 1.28 bits per heavy atom. The molecule has 25 heavy (non-hydrogen) atoms. The van der Waals surface area contributed by atoms with Crippen LogP contribution < -0.4 is 5.32 Å². The predicted octanol–water partition coefficient (Wildman–Crippen LogP) is 2.60. The first-order valence-corrected chi connectivity index (χ1v) is 8.80. The van der Waals surface area contributed by atoms with Crippen molar-refractivity contribution < 1.29 is 4.79 Å². The van der Waals surface area contributed by atoms with Gasteiger partial charge in [-0.25, -0.2) is 9.50 Å². The molecular weight excluding hydrogens is 336 g/mol. The topological polar surface area (TPSA) is 77.1 Å². The maximum Gasteiger partial charge on any atom is 0.257 e. The van der Waals surface area contributed by atoms with E-state index in [1.54, 1.807) is 34.4 Å². The summed E-state index contributed by atoms with van der Waals surface area (Å²) in [7, 11) is 0. The zero-order chi connectivity index (χ0) is 17.2. The number of nitrogens with one attached hydrogen (secondary N) is 1. The SMILES string of the molecule is CCn1cc(CNC(=O)c2cnn3c(-c4cccs4)ccnc23)cn1. The van der Waals surface area contributed by atoms with Crippen molar-refractivity contribution in [1.29, 1.82) is 0 Å². The van der Waals surface area contributed by atoms with E-state index in [9.17, 15) is 4.79 Å². The van der Waals surface area contributed by atoms with E-state index in [0.717, 1.165) is 22.7 Å². The molecule has 0 aliphatic rings. The Labute approximate surface area is 147 Å². The summed E-state index contributed by atoms with van der Waals surface area (Å²) in [5.41, 5.74) is 2.89. The second-order valence-corrected chi connectivity index (χ2v) is 6.44. The van der Waals surface area contributed by atoms with E-state index in [0.29, 0.717) is 17.8 Å². The molecule has 1 N–H and O–H groups in total. The standard InChI is InChI=1S/C17H16N6OS/c1-2-22-11-12(9-20-22)8-19-17(24)13-10-21-23-14(5-6-18-16(13)23)15-4-3-7-25-15/h3-7,9-11H,2,8H2,1H3,(H,19,24). The fraction of sp³-hybridized carbons (Fsp3) is 0.176. The largest absolute Gasteiger partial charge is 0.348 e. The molecule has 1 amide bonds. The third-order valence-electron chi connectivity index (χ3n) is 3.88. The van der Waals surface area contributed by atoms with Crippen molar-refractivity contribution in [3.8, 4) is 10.6 Å². The van der Waals surface area contributed by atoms with Crippen LogP contribution in [-0.2, 0) is 13.1 Å². The average Bonchev–Trinajstić information content (AvgIpc) is 3.39. The van der Waals surface area contributed by atoms with Crippen molar-refractivity contribution in [2.45, 2.75) is 20.0 Å². The predicted molar refractivity (Wildman–Crippen MR) is 95.4 cm³/mol. The molecule has 0 saturated carbocycles. The molecule has 0 aliphatic carbocycles. The first kappa shape index (κ1) is 15.5. The smallest absolute Gasteiger partial charge is 0.257 e. The highest BCUT2D eigenvalue weighted by Gasteiger charge is 2.16. The normalized spacial score (nSPS) is 11.1. The maximum atomic E-state index is 12.5. The molecule has 0 radical (unpaired) electrons. The minimum absolute atomic E-state index is 0.199. The van der Waals surface area contributed by atoms with Crippen molar-refractivity contribution in [2.75, 3.05) is 0 Å². The summed E-state index contributed by atoms with van der Waals surface area (Å²) in [5.74, 6) is -0.199. The molecule has 0 aliphatic heterocycles. The molecular formula is C17H16N6OS. The van der Waals surface area contributed by atoms with Gasteiger partial charge in [-0.2, -0.15) is 10.2 Å². The van der Waals surface area contributed by atoms with Crippen LogP contribution in [0.2, 0.25) is 0 Å². The lowest BCUT2D eigenvalue weighted by Crippen LogP contribution is -2.22. The van der Waals surface area contributed by atoms with E-state index in [2.05, 4.69) is 20.5 Å². The highest BCUT2D eigenvalue weighted by Crippen LogP contribution is 2.25. The molecule has 126 valence electrons. The van der Waals surface area contributed by atoms with Gasteiger partial charge in [0.2, 0.25) is 0 Å². The molecule has 4 heterocycles. The van der Waals surface area contributed by atoms with Gasteiger partial charge in [-0.3, -0.25) is 9.48 Å². The summed E-state index contributed by atoms with van der Waals surface area (Å²) in [4.78, 5) is 17.9. The van der Waals surface area contributed by atoms with Gasteiger partial charge in [0.15, 0.2) is 5.65 Å². The van der Waals surface area contributed by atoms with Crippen LogP contribution in [0, 0.1) is 0 Å². The van der Waals surface area contributed by atoms with Crippen molar-refractivity contribution in [2.24, 2.45) is 0 Å². The number of nitrogens with zero attached hydrogens (tertiary/aromatic N) is 5. The van der Waals surface area contributed by atoms with E-state index >= 15 is 0 Å². The summed E-state index contributed by atoms with van der Waals surface area (Å²) in [5, 5.41) is 13.5. The number of fused-ring (bicyclic) bond motifs is 1. The number of hydrogen-bond acceptors (Lipinski definition) is 5. The molecule has 8 heteroatoms. The fourth-order valence-corrected chi connectivity index (χ4v) is 3.35. The second-order valence-electron chi connectivity index (χ2n) is 5.49. The number of rotatable bonds is 5. The Hall–Kier alpha value is -3.00. The maximum absolute atomic E-state index is 12.5. The molecule has 0 aromatic carbocycles. The van der Waals surface area contributed by atoms with Crippen LogP contribution >= 0.6 is 11.3 Å². The van der Waals surface area contributed by atoms with Crippen molar-refractivity contribution in [1.82, 2.24) is 29.7 Å². The lowest BCUT2D eigenvalue weighted by Gasteiger charge is -2.04. The van der Waals surface area contributed by atoms with E-state index < -0.39 is 0 Å². The van der Waals surface area contributed by atoms with Crippen LogP contribution in [0.25, 0.3) is 16.2 Å². The van der Waals surface area contributed by atoms with Crippen LogP contribution in [0.15, 0.2) is 48.4 Å². The Balaban J connectivity index is 1.59. The number of thiophene rings is 1. The summed E-state index contributed by atoms with van der Waals surface area (Å²) < 4.78 is 3.53. The number of carbonyl (C=O) groups excluding carboxylic acids is 1. The number of hydrogen-bond donors (Lipinski definition) is 1. The zero-order valence-electron chi connectivity index (χ0n) is 13.6. The van der Waals surface area contributed by atoms with Gasteiger partial charge in [0.25, 0.3) is 5.91 Å². The third-order valence-corrected chi connectivity index (χ3v) is 4.78. The number of carbonyl (C=O) groups is 1. The summed E-state index contributed by atoms with van der Waals surface area (Å²) in [6, 6.07) is 5.90. The molecule has 4 aromatic rings. The molecule has 0 atom stereocenters. The highest BCUT2D eigenvalue weighted by atomic mass is 32.1. The number of amides is 1. The second kappa shape index (κ2) is 6.48. The Morgan fingerprint density at radius 3 is 2.96 bits per heavy atom. The molecule has 4 aromatic heterocycles. The van der Waals surface area contributed by atoms with Gasteiger partial charge in [-0.1, -0.05) is 6.07 Å². The van der Waals surface area contributed by atoms with E-state index in [-0.39, 0.29) is 5.91 Å². The van der Waals surface area contributed by atoms with Gasteiger partial charge in [-0.15, -0.1) is 11.3 Å². The molecule has 0 bridgehead atoms. The highest BCUT2D eigenvalue weighted by molar-refractivity contribution is 7.13. The van der Waals surface area contributed by atoms with Crippen LogP contribution in [0.5, 0.6) is 0 Å². The van der Waals surface area contributed by atoms with Gasteiger partial charge in [-0.05, 0) is 24.4 Å². The number of aromatic nitrogens is 5. The van der Waals surface area contributed by atoms with E-state index in [1.807, 2.05) is 41.4 Å². The van der Waals surface area contributed by atoms with Crippen LogP contribution in [0.4, 0.5) is 0 Å². The molecule has 0 unspecified atom stereocenters. The van der Waals surface area contributed by atoms with Crippen molar-refractivity contribution >= 4 is 22.9 Å². The van der Waals surface area contributed by atoms with Crippen molar-refractivity contribution in [3.63, 3.8) is 0 Å². The van der Waals surface area contributed by atoms with Gasteiger partial charge in [0.1, 0.15) is 5.56 Å². The fourth-order valence-electron chi connectivity index (χ4n) is 2.61. The van der Waals surface area contributed by atoms with Gasteiger partial charge < -0.3 is 5.32 Å². The molecule has 0 fully saturated rings. The first-order valence-electron chi connectivity index (χ1n) is 7.92. The summed E-state index contributed by atoms with van der Waals surface area (Å²) >= 11 is 1.62. The minimum atomic E-state index is -0.199. The zero-order valence-corrected chi connectivity index (χ0v) is 14.4. The third kappa shape index (κ3) is 2.91. The molecule has 4 rings (SSSR count). The molecule has 0 saturated heterocycles. The summed E-state index contributed by atoms with van der Waals surface area (Å²) in [6.45, 7) is 3.24. The molecule has 7 nitrogen and oxygen atoms in total. The monoisotopic (exact) mass is 352 g/mol. The van der Waals surface area contributed by atoms with E-state index in [4.69, 9.17) is 0 Å². The minimum Gasteiger partial charge on any atom is -0.348 e. The van der Waals surface area contributed by atoms with Gasteiger partial charge >= 0.3 is 0 Å². The lowest BCUT2D eigenvalue weighted by atomic mass is 10.3. The Kier molecular flexibility index (Phi) is 4.02. The van der Waals surface area contributed by atoms with Crippen molar-refractivity contribution in [3.05, 3.63) is 59.5 Å². The average molecular weight is 352 g/mol. The first-order chi connectivity index (χ1) is 12.3. The van der Waals surface area contributed by atoms with Crippen LogP contribution in [-0.4, -0.2) is 30.3 Å². The van der Waals surface area contributed by atoms with Gasteiger partial charge in [0, 0.05) is 31.0 Å².